The summed E-state index contributed by atoms with van der Waals surface area (Å²) < 4.78 is 122. The molecule has 528 valence electrons. The Labute approximate surface area is 588 Å². The number of hydrogen-bond donors (Lipinski definition) is 0. The number of rotatable bonds is 23. The maximum atomic E-state index is 13.4. The van der Waals surface area contributed by atoms with Crippen molar-refractivity contribution in [3.63, 3.8) is 0 Å². The number of ketones is 1. The Morgan fingerprint density at radius 2 is 0.878 bits per heavy atom. The van der Waals surface area contributed by atoms with Crippen molar-refractivity contribution in [1.82, 2.24) is 0 Å². The van der Waals surface area contributed by atoms with Crippen LogP contribution in [0.3, 0.4) is 0 Å². The van der Waals surface area contributed by atoms with E-state index in [4.69, 9.17) is 12.3 Å². The molecule has 0 radical (unpaired) electrons. The summed E-state index contributed by atoms with van der Waals surface area (Å²) in [6.07, 6.45) is 8.50. The maximum absolute atomic E-state index is 13.4. The molecule has 3 unspecified atom stereocenters. The molecule has 0 N–H and O–H groups in total. The molecule has 0 aliphatic heterocycles. The van der Waals surface area contributed by atoms with Crippen LogP contribution in [0.25, 0.3) is 0 Å². The Bertz CT molecular complexity index is 3670. The van der Waals surface area contributed by atoms with Gasteiger partial charge in [-0.25, -0.2) is 18.0 Å². The van der Waals surface area contributed by atoms with Crippen LogP contribution >= 0.6 is 41.3 Å². The van der Waals surface area contributed by atoms with Gasteiger partial charge in [0, 0.05) is 18.9 Å². The zero-order chi connectivity index (χ0) is 71.4. The number of esters is 2. The molecule has 8 fully saturated rings. The van der Waals surface area contributed by atoms with Crippen molar-refractivity contribution >= 4 is 104 Å². The molecule has 13 rings (SSSR count). The van der Waals surface area contributed by atoms with Crippen LogP contribution in [0.1, 0.15) is 112 Å². The van der Waals surface area contributed by atoms with E-state index < -0.39 is 111 Å². The van der Waals surface area contributed by atoms with E-state index in [1.54, 1.807) is 13.8 Å². The minimum absolute atomic E-state index is 0.000690. The fourth-order valence-corrected chi connectivity index (χ4v) is 22.5. The van der Waals surface area contributed by atoms with Gasteiger partial charge in [0.25, 0.3) is 0 Å². The Hall–Kier alpha value is -6.79. The van der Waals surface area contributed by atoms with Crippen molar-refractivity contribution in [3.8, 4) is 0 Å². The number of carbonyl (C=O) groups is 7. The van der Waals surface area contributed by atoms with Crippen molar-refractivity contribution in [2.75, 3.05) is 13.2 Å². The predicted octanol–water partition coefficient (Wildman–Crippen LogP) is 15.7. The maximum Gasteiger partial charge on any atom is 0.166 e. The van der Waals surface area contributed by atoms with Crippen LogP contribution in [-0.2, 0) is 81.1 Å². The monoisotopic (exact) mass is 1620 g/mol. The first-order valence-corrected chi connectivity index (χ1v) is 40.2. The van der Waals surface area contributed by atoms with Gasteiger partial charge in [0.05, 0.1) is 24.1 Å². The van der Waals surface area contributed by atoms with Gasteiger partial charge in [-0.05, 0) is 50.2 Å². The van der Waals surface area contributed by atoms with Crippen molar-refractivity contribution in [1.29, 1.82) is 0 Å². The molecule has 0 amide bonds. The van der Waals surface area contributed by atoms with E-state index in [2.05, 4.69) is 125 Å². The number of ether oxygens (including phenoxy) is 3. The van der Waals surface area contributed by atoms with E-state index in [1.807, 2.05) is 60.7 Å². The zero-order valence-corrected chi connectivity index (χ0v) is 60.9. The van der Waals surface area contributed by atoms with Gasteiger partial charge in [-0.15, -0.1) is 0 Å². The molecule has 17 nitrogen and oxygen atoms in total. The molecule has 0 saturated heterocycles. The van der Waals surface area contributed by atoms with Crippen molar-refractivity contribution < 1.29 is 90.6 Å². The smallest absolute Gasteiger partial charge is 0.0619 e. The van der Waals surface area contributed by atoms with E-state index in [9.17, 15) is 64.1 Å². The van der Waals surface area contributed by atoms with Gasteiger partial charge >= 0.3 is 359 Å². The quantitative estimate of drug-likeness (QED) is 0.0112. The Balaban J connectivity index is 0.000000168. The summed E-state index contributed by atoms with van der Waals surface area (Å²) in [5.74, 6) is -9.01. The van der Waals surface area contributed by atoms with Crippen LogP contribution in [0.4, 0.5) is 17.6 Å². The topological polar surface area (TPSA) is 241 Å². The summed E-state index contributed by atoms with van der Waals surface area (Å²) in [6, 6.07) is 50.8. The third-order valence-corrected chi connectivity index (χ3v) is 27.6. The molecule has 98 heavy (non-hydrogen) atoms. The summed E-state index contributed by atoms with van der Waals surface area (Å²) in [5, 5.41) is -5.90. The van der Waals surface area contributed by atoms with Crippen LogP contribution in [0.5, 0.6) is 0 Å². The van der Waals surface area contributed by atoms with Crippen molar-refractivity contribution in [2.45, 2.75) is 143 Å². The average molecular weight is 1620 g/mol. The van der Waals surface area contributed by atoms with Gasteiger partial charge in [-0.3, -0.25) is 0 Å². The molecule has 8 bridgehead atoms. The fraction of sp³-hybridized carbons (Fsp3) is 0.411. The Morgan fingerprint density at radius 3 is 1.21 bits per heavy atom. The number of carbonyl (C=O) groups excluding carboxylic acids is 7. The summed E-state index contributed by atoms with van der Waals surface area (Å²) >= 11 is -5.83. The number of alkyl halides is 4. The van der Waals surface area contributed by atoms with Crippen LogP contribution in [0.15, 0.2) is 203 Å². The SMILES string of the molecule is C=C(C)C(=O)OC(C)(OCCC(F)(F)C(F)(F)S(=O)(=O)[O-])C(=O)OCC.C=C(C)C(=O)OI(OC(=O)C12CC3CC(C1)C(=O)C(C3)C2)c1ccccc1.C=C(C)C(=O)OI(OC(=O)C12CC3CC(CC(C3)C1)C2)c1ccccc1.c1ccc([S+](c2ccccc2)c2ccccc2)cc1. The van der Waals surface area contributed by atoms with E-state index in [-0.39, 0.29) is 57.8 Å². The fourth-order valence-electron chi connectivity index (χ4n) is 13.6. The van der Waals surface area contributed by atoms with Crippen LogP contribution in [-0.4, -0.2) is 84.7 Å². The van der Waals surface area contributed by atoms with Crippen molar-refractivity contribution in [3.05, 3.63) is 195 Å². The first-order chi connectivity index (χ1) is 46.3. The van der Waals surface area contributed by atoms with E-state index in [0.29, 0.717) is 47.9 Å². The van der Waals surface area contributed by atoms with Gasteiger partial charge in [0.15, 0.2) is 24.8 Å². The number of benzene rings is 5. The molecule has 25 heteroatoms. The second-order valence-corrected chi connectivity index (χ2v) is 35.8. The molecule has 8 aliphatic rings. The number of halogens is 6. The minimum Gasteiger partial charge on any atom is -0.0619 e. The molecule has 0 heterocycles. The second kappa shape index (κ2) is 33.1. The molecule has 5 aromatic carbocycles. The Morgan fingerprint density at radius 1 is 0.541 bits per heavy atom. The predicted molar refractivity (Wildman–Crippen MR) is 372 cm³/mol. The third-order valence-electron chi connectivity index (χ3n) is 17.7. The molecule has 8 aliphatic carbocycles. The molecular formula is C73H80F4I2O17S2. The molecular weight excluding hydrogens is 1540 g/mol. The standard InChI is InChI=1S/C21H23IO5.C21H25IO4.C18H15S.C13H18F4O8S/c1-13(2)19(24)26-22(17-6-4-3-5-7-17)27-20(25)21-10-14-8-15(11-21)18(23)16(9-14)12-21;1-14(2)19(23)25-22(18-6-4-3-5-7-18)26-20(24)21-11-15-8-16(12-21)10-17(9-15)13-21;1-4-10-16(11-5-1)19(17-12-6-2-7-13-17)18-14-8-3-9-15-18;1-5-23-10(19)11(4,25-9(18)8(2)3)24-7-6-12(14,15)13(16,17)26(20,21)22/h3-7,14-16H,1,8-12H2,2H3;3-7,15-17H,1,8-13H2,2H3;1-15H;2,5-7H2,1,3-4H3,(H,20,21,22)/q;;+1;/p-1. The Kier molecular flexibility index (Phi) is 26.0. The average Bonchev–Trinajstić information content (AvgIpc) is 0.737. The second-order valence-electron chi connectivity index (χ2n) is 25.6. The molecule has 5 aromatic rings. The number of hydrogen-bond acceptors (Lipinski definition) is 17. The van der Waals surface area contributed by atoms with Crippen LogP contribution in [0, 0.1) is 53.5 Å². The summed E-state index contributed by atoms with van der Waals surface area (Å²) in [5.41, 5.74) is -0.503. The van der Waals surface area contributed by atoms with Gasteiger partial charge in [-0.1, -0.05) is 61.2 Å². The first kappa shape index (κ1) is 77.0. The van der Waals surface area contributed by atoms with Crippen molar-refractivity contribution in [2.24, 2.45) is 46.3 Å². The van der Waals surface area contributed by atoms with Gasteiger partial charge in [0.2, 0.25) is 0 Å². The number of Topliss-reactive ketones (excluding diaryl/α,β-unsaturated/α-hetero) is 1. The van der Waals surface area contributed by atoms with Crippen LogP contribution in [0.2, 0.25) is 0 Å². The van der Waals surface area contributed by atoms with E-state index in [1.165, 1.54) is 47.8 Å². The summed E-state index contributed by atoms with van der Waals surface area (Å²) in [4.78, 5) is 90.4. The molecule has 8 saturated carbocycles. The molecule has 0 aromatic heterocycles. The van der Waals surface area contributed by atoms with Gasteiger partial charge < -0.3 is 18.8 Å². The van der Waals surface area contributed by atoms with E-state index >= 15 is 0 Å². The summed E-state index contributed by atoms with van der Waals surface area (Å²) in [7, 11) is -6.67. The molecule has 0 spiro atoms. The first-order valence-electron chi connectivity index (χ1n) is 31.9. The summed E-state index contributed by atoms with van der Waals surface area (Å²) in [6.45, 7) is 15.4. The van der Waals surface area contributed by atoms with Crippen LogP contribution < -0.4 is 0 Å². The van der Waals surface area contributed by atoms with Gasteiger partial charge in [0.1, 0.15) is 0 Å². The normalized spacial score (nSPS) is 23.2. The zero-order valence-electron chi connectivity index (χ0n) is 54.9. The van der Waals surface area contributed by atoms with Gasteiger partial charge in [-0.2, -0.15) is 17.6 Å². The minimum atomic E-state index is -6.66. The van der Waals surface area contributed by atoms with E-state index in [0.717, 1.165) is 52.6 Å². The third kappa shape index (κ3) is 19.0. The molecule has 3 atom stereocenters. The largest absolute Gasteiger partial charge is 0.166 e.